The number of rotatable bonds is 4. The van der Waals surface area contributed by atoms with Crippen molar-refractivity contribution >= 4 is 18.6 Å². The lowest BCUT2D eigenvalue weighted by molar-refractivity contribution is -0.144. The zero-order valence-electron chi connectivity index (χ0n) is 17.1. The Labute approximate surface area is 158 Å². The maximum absolute atomic E-state index is 13.8. The van der Waals surface area contributed by atoms with E-state index in [0.717, 1.165) is 4.57 Å². The third-order valence-corrected chi connectivity index (χ3v) is 5.24. The molecule has 27 heavy (non-hydrogen) atoms. The first-order chi connectivity index (χ1) is 12.2. The number of carbonyl (C=O) groups excluding carboxylic acids is 1. The SMILES string of the molecule is CCOC(=O)c1c(B2OC(C)(C)C(C)(C)O2)c(C)c(C(F)(F)F)n1C(C)C. The molecule has 0 saturated carbocycles. The maximum Gasteiger partial charge on any atom is 0.497 e. The minimum atomic E-state index is -4.64. The number of aromatic nitrogens is 1. The van der Waals surface area contributed by atoms with E-state index in [1.165, 1.54) is 6.92 Å². The molecule has 1 aromatic rings. The van der Waals surface area contributed by atoms with Gasteiger partial charge in [-0.15, -0.1) is 0 Å². The van der Waals surface area contributed by atoms with Crippen LogP contribution < -0.4 is 5.46 Å². The van der Waals surface area contributed by atoms with Crippen LogP contribution in [0.5, 0.6) is 0 Å². The highest BCUT2D eigenvalue weighted by atomic mass is 19.4. The van der Waals surface area contributed by atoms with Crippen molar-refractivity contribution in [3.63, 3.8) is 0 Å². The molecule has 1 aliphatic rings. The second-order valence-corrected chi connectivity index (χ2v) is 8.01. The average molecular weight is 389 g/mol. The second-order valence-electron chi connectivity index (χ2n) is 8.01. The summed E-state index contributed by atoms with van der Waals surface area (Å²) in [5, 5.41) is 0. The fourth-order valence-corrected chi connectivity index (χ4v) is 3.25. The zero-order valence-corrected chi connectivity index (χ0v) is 17.1. The van der Waals surface area contributed by atoms with Crippen LogP contribution in [0.15, 0.2) is 0 Å². The predicted octanol–water partition coefficient (Wildman–Crippen LogP) is 3.87. The van der Waals surface area contributed by atoms with Crippen molar-refractivity contribution in [2.75, 3.05) is 6.61 Å². The second kappa shape index (κ2) is 6.85. The van der Waals surface area contributed by atoms with Crippen LogP contribution in [-0.4, -0.2) is 35.5 Å². The van der Waals surface area contributed by atoms with Gasteiger partial charge in [-0.25, -0.2) is 4.79 Å². The molecule has 0 amide bonds. The molecule has 1 fully saturated rings. The summed E-state index contributed by atoms with van der Waals surface area (Å²) >= 11 is 0. The molecule has 1 saturated heterocycles. The molecule has 1 aliphatic heterocycles. The van der Waals surface area contributed by atoms with Crippen LogP contribution in [0.4, 0.5) is 13.2 Å². The van der Waals surface area contributed by atoms with E-state index < -0.39 is 42.2 Å². The molecular formula is C18H27BF3NO4. The molecule has 0 N–H and O–H groups in total. The Morgan fingerprint density at radius 3 is 2.04 bits per heavy atom. The topological polar surface area (TPSA) is 49.7 Å². The van der Waals surface area contributed by atoms with Crippen LogP contribution in [0.3, 0.4) is 0 Å². The van der Waals surface area contributed by atoms with Gasteiger partial charge in [0.2, 0.25) is 0 Å². The summed E-state index contributed by atoms with van der Waals surface area (Å²) in [6.07, 6.45) is -4.64. The average Bonchev–Trinajstić information content (AvgIpc) is 2.89. The van der Waals surface area contributed by atoms with Gasteiger partial charge in [0, 0.05) is 11.5 Å². The van der Waals surface area contributed by atoms with Gasteiger partial charge in [0.05, 0.1) is 17.8 Å². The number of esters is 1. The summed E-state index contributed by atoms with van der Waals surface area (Å²) in [4.78, 5) is 12.6. The zero-order chi connectivity index (χ0) is 20.9. The first kappa shape index (κ1) is 21.8. The molecule has 2 heterocycles. The van der Waals surface area contributed by atoms with E-state index in [1.807, 2.05) is 0 Å². The van der Waals surface area contributed by atoms with Crippen molar-refractivity contribution in [3.05, 3.63) is 17.0 Å². The third-order valence-electron chi connectivity index (χ3n) is 5.24. The lowest BCUT2D eigenvalue weighted by Crippen LogP contribution is -2.41. The van der Waals surface area contributed by atoms with Gasteiger partial charge in [0.15, 0.2) is 0 Å². The molecule has 152 valence electrons. The van der Waals surface area contributed by atoms with Crippen LogP contribution >= 0.6 is 0 Å². The number of nitrogens with zero attached hydrogens (tertiary/aromatic N) is 1. The lowest BCUT2D eigenvalue weighted by atomic mass is 9.76. The van der Waals surface area contributed by atoms with Crippen LogP contribution in [0.25, 0.3) is 0 Å². The van der Waals surface area contributed by atoms with Crippen molar-refractivity contribution in [1.82, 2.24) is 4.57 Å². The Morgan fingerprint density at radius 1 is 1.19 bits per heavy atom. The summed E-state index contributed by atoms with van der Waals surface area (Å²) in [5.41, 5.74) is -2.57. The molecule has 0 unspecified atom stereocenters. The maximum atomic E-state index is 13.8. The highest BCUT2D eigenvalue weighted by molar-refractivity contribution is 6.64. The van der Waals surface area contributed by atoms with E-state index in [0.29, 0.717) is 0 Å². The van der Waals surface area contributed by atoms with E-state index in [2.05, 4.69) is 0 Å². The van der Waals surface area contributed by atoms with Gasteiger partial charge >= 0.3 is 19.3 Å². The Bertz CT molecular complexity index is 722. The van der Waals surface area contributed by atoms with Crippen molar-refractivity contribution in [1.29, 1.82) is 0 Å². The molecule has 5 nitrogen and oxygen atoms in total. The summed E-state index contributed by atoms with van der Waals surface area (Å²) in [5.74, 6) is -0.825. The van der Waals surface area contributed by atoms with E-state index in [4.69, 9.17) is 14.0 Å². The van der Waals surface area contributed by atoms with Gasteiger partial charge in [-0.3, -0.25) is 0 Å². The highest BCUT2D eigenvalue weighted by Gasteiger charge is 2.55. The quantitative estimate of drug-likeness (QED) is 0.580. The van der Waals surface area contributed by atoms with Crippen LogP contribution in [-0.2, 0) is 20.2 Å². The Morgan fingerprint density at radius 2 is 1.67 bits per heavy atom. The lowest BCUT2D eigenvalue weighted by Gasteiger charge is -2.32. The summed E-state index contributed by atoms with van der Waals surface area (Å²) in [6.45, 7) is 13.4. The molecule has 0 bridgehead atoms. The van der Waals surface area contributed by atoms with Gasteiger partial charge in [-0.05, 0) is 61.0 Å². The standard InChI is InChI=1S/C18H27BF3NO4/c1-9-25-15(24)13-12(19-26-16(5,6)17(7,8)27-19)11(4)14(18(20,21)22)23(13)10(2)3/h10H,9H2,1-8H3. The van der Waals surface area contributed by atoms with Crippen molar-refractivity contribution in [2.24, 2.45) is 0 Å². The van der Waals surface area contributed by atoms with Gasteiger partial charge in [-0.2, -0.15) is 13.2 Å². The Balaban J connectivity index is 2.79. The molecule has 0 aromatic carbocycles. The summed E-state index contributed by atoms with van der Waals surface area (Å²) < 4.78 is 59.5. The minimum absolute atomic E-state index is 0.0469. The molecule has 0 atom stereocenters. The van der Waals surface area contributed by atoms with Gasteiger partial charge in [-0.1, -0.05) is 0 Å². The van der Waals surface area contributed by atoms with Crippen molar-refractivity contribution < 1.29 is 32.0 Å². The van der Waals surface area contributed by atoms with Crippen LogP contribution in [0.2, 0.25) is 0 Å². The monoisotopic (exact) mass is 389 g/mol. The van der Waals surface area contributed by atoms with Crippen LogP contribution in [0.1, 0.15) is 76.3 Å². The van der Waals surface area contributed by atoms with E-state index in [9.17, 15) is 18.0 Å². The largest absolute Gasteiger partial charge is 0.497 e. The summed E-state index contributed by atoms with van der Waals surface area (Å²) in [7, 11) is -1.10. The Kier molecular flexibility index (Phi) is 5.53. The fraction of sp³-hybridized carbons (Fsp3) is 0.722. The highest BCUT2D eigenvalue weighted by Crippen LogP contribution is 2.40. The van der Waals surface area contributed by atoms with Gasteiger partial charge in [0.1, 0.15) is 11.4 Å². The number of carbonyl (C=O) groups is 1. The Hall–Kier alpha value is -1.48. The molecular weight excluding hydrogens is 362 g/mol. The van der Waals surface area contributed by atoms with Crippen molar-refractivity contribution in [3.8, 4) is 0 Å². The number of alkyl halides is 3. The van der Waals surface area contributed by atoms with Gasteiger partial charge < -0.3 is 18.6 Å². The first-order valence-corrected chi connectivity index (χ1v) is 9.00. The van der Waals surface area contributed by atoms with E-state index in [1.54, 1.807) is 48.5 Å². The number of ether oxygens (including phenoxy) is 1. The molecule has 0 radical (unpaired) electrons. The van der Waals surface area contributed by atoms with Gasteiger partial charge in [0.25, 0.3) is 0 Å². The molecule has 9 heteroatoms. The van der Waals surface area contributed by atoms with Crippen LogP contribution in [0, 0.1) is 6.92 Å². The molecule has 2 rings (SSSR count). The smallest absolute Gasteiger partial charge is 0.461 e. The summed E-state index contributed by atoms with van der Waals surface area (Å²) in [6, 6.07) is -0.615. The van der Waals surface area contributed by atoms with E-state index >= 15 is 0 Å². The number of halogens is 3. The number of hydrogen-bond donors (Lipinski definition) is 0. The normalized spacial score (nSPS) is 19.0. The first-order valence-electron chi connectivity index (χ1n) is 9.00. The number of hydrogen-bond acceptors (Lipinski definition) is 4. The fourth-order valence-electron chi connectivity index (χ4n) is 3.25. The molecule has 0 aliphatic carbocycles. The predicted molar refractivity (Wildman–Crippen MR) is 96.2 cm³/mol. The van der Waals surface area contributed by atoms with Crippen molar-refractivity contribution in [2.45, 2.75) is 78.8 Å². The van der Waals surface area contributed by atoms with E-state index in [-0.39, 0.29) is 23.3 Å². The third kappa shape index (κ3) is 3.63. The molecule has 1 aromatic heterocycles. The minimum Gasteiger partial charge on any atom is -0.461 e. The molecule has 0 spiro atoms.